The summed E-state index contributed by atoms with van der Waals surface area (Å²) in [6.45, 7) is 0. The third-order valence-corrected chi connectivity index (χ3v) is 2.94. The molecule has 3 heteroatoms. The molecular formula is C13H14O3. The number of rotatable bonds is 2. The standard InChI is InChI=1S/C13H14O3/c1-16-10-7-5-9(6-8-10)13-11(14)3-2-4-12(13)15/h5-8,13H,2-4H2,1H3. The SMILES string of the molecule is COc1ccc(C2C(=O)CCCC2=O)cc1. The van der Waals surface area contributed by atoms with Crippen LogP contribution in [0.1, 0.15) is 30.7 Å². The highest BCUT2D eigenvalue weighted by Crippen LogP contribution is 2.28. The maximum atomic E-state index is 11.7. The number of methoxy groups -OCH3 is 1. The molecule has 0 radical (unpaired) electrons. The Morgan fingerprint density at radius 2 is 1.62 bits per heavy atom. The van der Waals surface area contributed by atoms with Crippen LogP contribution in [0.2, 0.25) is 0 Å². The number of ketones is 2. The van der Waals surface area contributed by atoms with Gasteiger partial charge in [-0.25, -0.2) is 0 Å². The lowest BCUT2D eigenvalue weighted by Crippen LogP contribution is -2.26. The first-order chi connectivity index (χ1) is 7.72. The van der Waals surface area contributed by atoms with Gasteiger partial charge in [0, 0.05) is 12.8 Å². The van der Waals surface area contributed by atoms with Crippen LogP contribution in [0.15, 0.2) is 24.3 Å². The van der Waals surface area contributed by atoms with Crippen molar-refractivity contribution >= 4 is 11.6 Å². The van der Waals surface area contributed by atoms with Crippen LogP contribution < -0.4 is 4.74 Å². The van der Waals surface area contributed by atoms with E-state index in [1.807, 2.05) is 0 Å². The van der Waals surface area contributed by atoms with Crippen molar-refractivity contribution in [1.29, 1.82) is 0 Å². The van der Waals surface area contributed by atoms with Gasteiger partial charge in [-0.2, -0.15) is 0 Å². The Morgan fingerprint density at radius 1 is 1.06 bits per heavy atom. The molecule has 84 valence electrons. The van der Waals surface area contributed by atoms with Gasteiger partial charge in [-0.05, 0) is 24.1 Å². The van der Waals surface area contributed by atoms with Gasteiger partial charge in [0.05, 0.1) is 7.11 Å². The minimum absolute atomic E-state index is 0.0430. The lowest BCUT2D eigenvalue weighted by molar-refractivity contribution is -0.131. The summed E-state index contributed by atoms with van der Waals surface area (Å²) in [4.78, 5) is 23.4. The number of hydrogen-bond acceptors (Lipinski definition) is 3. The second-order valence-corrected chi connectivity index (χ2v) is 3.99. The molecule has 16 heavy (non-hydrogen) atoms. The number of carbonyl (C=O) groups is 2. The molecule has 0 saturated heterocycles. The molecule has 0 bridgehead atoms. The molecule has 0 aromatic heterocycles. The van der Waals surface area contributed by atoms with Gasteiger partial charge in [0.1, 0.15) is 23.2 Å². The van der Waals surface area contributed by atoms with Gasteiger partial charge in [0.2, 0.25) is 0 Å². The van der Waals surface area contributed by atoms with E-state index in [0.717, 1.165) is 11.3 Å². The summed E-state index contributed by atoms with van der Waals surface area (Å²) in [7, 11) is 1.59. The molecule has 1 aliphatic carbocycles. The van der Waals surface area contributed by atoms with Gasteiger partial charge >= 0.3 is 0 Å². The Hall–Kier alpha value is -1.64. The predicted molar refractivity (Wildman–Crippen MR) is 59.6 cm³/mol. The van der Waals surface area contributed by atoms with Gasteiger partial charge in [-0.1, -0.05) is 12.1 Å². The van der Waals surface area contributed by atoms with Crippen LogP contribution in [-0.2, 0) is 9.59 Å². The van der Waals surface area contributed by atoms with Gasteiger partial charge in [0.15, 0.2) is 0 Å². The normalized spacial score (nSPS) is 17.6. The molecule has 0 unspecified atom stereocenters. The van der Waals surface area contributed by atoms with E-state index in [2.05, 4.69) is 0 Å². The van der Waals surface area contributed by atoms with Crippen LogP contribution in [-0.4, -0.2) is 18.7 Å². The van der Waals surface area contributed by atoms with Gasteiger partial charge in [0.25, 0.3) is 0 Å². The largest absolute Gasteiger partial charge is 0.497 e. The molecule has 3 nitrogen and oxygen atoms in total. The van der Waals surface area contributed by atoms with Crippen molar-refractivity contribution in [3.05, 3.63) is 29.8 Å². The molecule has 0 atom stereocenters. The van der Waals surface area contributed by atoms with Crippen molar-refractivity contribution in [2.75, 3.05) is 7.11 Å². The van der Waals surface area contributed by atoms with E-state index in [1.165, 1.54) is 0 Å². The van der Waals surface area contributed by atoms with Gasteiger partial charge in [-0.3, -0.25) is 9.59 Å². The molecule has 2 rings (SSSR count). The molecule has 0 heterocycles. The summed E-state index contributed by atoms with van der Waals surface area (Å²) >= 11 is 0. The summed E-state index contributed by atoms with van der Waals surface area (Å²) in [6, 6.07) is 7.16. The van der Waals surface area contributed by atoms with Crippen molar-refractivity contribution in [2.24, 2.45) is 0 Å². The molecule has 1 fully saturated rings. The number of ether oxygens (including phenoxy) is 1. The first-order valence-corrected chi connectivity index (χ1v) is 5.42. The lowest BCUT2D eigenvalue weighted by Gasteiger charge is -2.19. The van der Waals surface area contributed by atoms with Crippen LogP contribution in [0, 0.1) is 0 Å². The quantitative estimate of drug-likeness (QED) is 0.714. The van der Waals surface area contributed by atoms with E-state index in [1.54, 1.807) is 31.4 Å². The van der Waals surface area contributed by atoms with Crippen molar-refractivity contribution in [2.45, 2.75) is 25.2 Å². The topological polar surface area (TPSA) is 43.4 Å². The smallest absolute Gasteiger partial charge is 0.147 e. The Bertz CT molecular complexity index is 390. The molecule has 1 aromatic rings. The molecule has 1 saturated carbocycles. The average molecular weight is 218 g/mol. The highest BCUT2D eigenvalue weighted by Gasteiger charge is 2.31. The van der Waals surface area contributed by atoms with E-state index < -0.39 is 5.92 Å². The zero-order valence-corrected chi connectivity index (χ0v) is 9.23. The molecule has 0 amide bonds. The van der Waals surface area contributed by atoms with E-state index in [9.17, 15) is 9.59 Å². The zero-order chi connectivity index (χ0) is 11.5. The minimum atomic E-state index is -0.542. The number of hydrogen-bond donors (Lipinski definition) is 0. The first kappa shape index (κ1) is 10.9. The number of Topliss-reactive ketones (excluding diaryl/α,β-unsaturated/α-hetero) is 2. The predicted octanol–water partition coefficient (Wildman–Crippen LogP) is 2.10. The van der Waals surface area contributed by atoms with Crippen LogP contribution in [0.3, 0.4) is 0 Å². The first-order valence-electron chi connectivity index (χ1n) is 5.42. The molecule has 0 spiro atoms. The van der Waals surface area contributed by atoms with Crippen LogP contribution in [0.25, 0.3) is 0 Å². The highest BCUT2D eigenvalue weighted by atomic mass is 16.5. The monoisotopic (exact) mass is 218 g/mol. The van der Waals surface area contributed by atoms with E-state index >= 15 is 0 Å². The Balaban J connectivity index is 2.27. The van der Waals surface area contributed by atoms with Gasteiger partial charge < -0.3 is 4.74 Å². The second kappa shape index (κ2) is 4.47. The molecule has 1 aromatic carbocycles. The van der Waals surface area contributed by atoms with Crippen LogP contribution in [0.4, 0.5) is 0 Å². The average Bonchev–Trinajstić information content (AvgIpc) is 2.30. The summed E-state index contributed by atoms with van der Waals surface area (Å²) in [5.74, 6) is 0.280. The molecule has 1 aliphatic rings. The number of carbonyl (C=O) groups excluding carboxylic acids is 2. The van der Waals surface area contributed by atoms with Crippen LogP contribution in [0.5, 0.6) is 5.75 Å². The molecule has 0 N–H and O–H groups in total. The second-order valence-electron chi connectivity index (χ2n) is 3.99. The zero-order valence-electron chi connectivity index (χ0n) is 9.23. The van der Waals surface area contributed by atoms with E-state index in [0.29, 0.717) is 19.3 Å². The fourth-order valence-electron chi connectivity index (χ4n) is 2.07. The maximum absolute atomic E-state index is 11.7. The molecular weight excluding hydrogens is 204 g/mol. The van der Waals surface area contributed by atoms with Gasteiger partial charge in [-0.15, -0.1) is 0 Å². The van der Waals surface area contributed by atoms with E-state index in [4.69, 9.17) is 4.74 Å². The third-order valence-electron chi connectivity index (χ3n) is 2.94. The van der Waals surface area contributed by atoms with Crippen molar-refractivity contribution in [3.63, 3.8) is 0 Å². The Labute approximate surface area is 94.4 Å². The minimum Gasteiger partial charge on any atom is -0.497 e. The Kier molecular flexibility index (Phi) is 3.04. The fourth-order valence-corrected chi connectivity index (χ4v) is 2.07. The summed E-state index contributed by atoms with van der Waals surface area (Å²) in [5.41, 5.74) is 0.788. The van der Waals surface area contributed by atoms with E-state index in [-0.39, 0.29) is 11.6 Å². The lowest BCUT2D eigenvalue weighted by atomic mass is 9.82. The van der Waals surface area contributed by atoms with Crippen molar-refractivity contribution < 1.29 is 14.3 Å². The molecule has 0 aliphatic heterocycles. The Morgan fingerprint density at radius 3 is 2.12 bits per heavy atom. The summed E-state index contributed by atoms with van der Waals surface area (Å²) in [6.07, 6.45) is 1.73. The third kappa shape index (κ3) is 1.98. The highest BCUT2D eigenvalue weighted by molar-refractivity contribution is 6.09. The number of benzene rings is 1. The van der Waals surface area contributed by atoms with Crippen LogP contribution >= 0.6 is 0 Å². The summed E-state index contributed by atoms with van der Waals surface area (Å²) in [5, 5.41) is 0. The summed E-state index contributed by atoms with van der Waals surface area (Å²) < 4.78 is 5.04. The van der Waals surface area contributed by atoms with Crippen molar-refractivity contribution in [3.8, 4) is 5.75 Å². The maximum Gasteiger partial charge on any atom is 0.147 e. The fraction of sp³-hybridized carbons (Fsp3) is 0.385. The van der Waals surface area contributed by atoms with Crippen molar-refractivity contribution in [1.82, 2.24) is 0 Å².